The molecule has 0 amide bonds. The van der Waals surface area contributed by atoms with Crippen LogP contribution >= 0.6 is 11.6 Å². The van der Waals surface area contributed by atoms with Crippen molar-refractivity contribution in [3.63, 3.8) is 0 Å². The predicted octanol–water partition coefficient (Wildman–Crippen LogP) is 3.15. The van der Waals surface area contributed by atoms with E-state index in [-0.39, 0.29) is 17.5 Å². The maximum absolute atomic E-state index is 13.0. The summed E-state index contributed by atoms with van der Waals surface area (Å²) in [5.74, 6) is 0.379. The summed E-state index contributed by atoms with van der Waals surface area (Å²) in [6, 6.07) is 7.75. The van der Waals surface area contributed by atoms with Gasteiger partial charge < -0.3 is 10.2 Å². The zero-order chi connectivity index (χ0) is 17.1. The Labute approximate surface area is 143 Å². The highest BCUT2D eigenvalue weighted by atomic mass is 35.5. The zero-order valence-electron chi connectivity index (χ0n) is 12.8. The van der Waals surface area contributed by atoms with E-state index in [4.69, 9.17) is 11.6 Å². The number of pyridine rings is 1. The van der Waals surface area contributed by atoms with Crippen LogP contribution in [0.5, 0.6) is 0 Å². The van der Waals surface area contributed by atoms with Crippen molar-refractivity contribution in [3.8, 4) is 0 Å². The topological polar surface area (TPSA) is 71.3 Å². The molecule has 1 aliphatic heterocycles. The van der Waals surface area contributed by atoms with Crippen LogP contribution < -0.4 is 10.2 Å². The molecule has 1 saturated heterocycles. The maximum atomic E-state index is 13.0. The summed E-state index contributed by atoms with van der Waals surface area (Å²) in [4.78, 5) is 16.4. The molecule has 1 aliphatic rings. The highest BCUT2D eigenvalue weighted by Crippen LogP contribution is 2.21. The van der Waals surface area contributed by atoms with Crippen molar-refractivity contribution in [2.45, 2.75) is 19.0 Å². The van der Waals surface area contributed by atoms with Crippen LogP contribution in [0.2, 0.25) is 5.02 Å². The van der Waals surface area contributed by atoms with E-state index in [1.807, 2.05) is 0 Å². The van der Waals surface area contributed by atoms with Gasteiger partial charge in [0.1, 0.15) is 17.8 Å². The first-order valence-electron chi connectivity index (χ1n) is 7.55. The van der Waals surface area contributed by atoms with Gasteiger partial charge in [-0.25, -0.2) is 9.37 Å². The summed E-state index contributed by atoms with van der Waals surface area (Å²) in [6.45, 7) is 2.13. The van der Waals surface area contributed by atoms with E-state index in [0.29, 0.717) is 11.6 Å². The van der Waals surface area contributed by atoms with E-state index >= 15 is 0 Å². The van der Waals surface area contributed by atoms with Crippen LogP contribution in [0.1, 0.15) is 12.0 Å². The number of nitrogens with zero attached hydrogens (tertiary/aromatic N) is 3. The third kappa shape index (κ3) is 3.80. The molecule has 1 fully saturated rings. The lowest BCUT2D eigenvalue weighted by Crippen LogP contribution is -2.32. The molecule has 24 heavy (non-hydrogen) atoms. The molecule has 0 saturated carbocycles. The first-order chi connectivity index (χ1) is 11.5. The number of hydrogen-bond donors (Lipinski definition) is 1. The van der Waals surface area contributed by atoms with Crippen molar-refractivity contribution in [1.82, 2.24) is 10.3 Å². The molecule has 2 aromatic rings. The standard InChI is InChI=1S/C16H16ClFN4O2/c17-15-7-12(18)2-1-11(15)8-19-13-5-6-21(10-13)16-4-3-14(9-20-16)22(23)24/h1-4,7,9,13,19H,5-6,8,10H2/t13-/m0/s1. The van der Waals surface area contributed by atoms with Crippen molar-refractivity contribution >= 4 is 23.1 Å². The molecule has 2 heterocycles. The Morgan fingerprint density at radius 1 is 1.42 bits per heavy atom. The van der Waals surface area contributed by atoms with Gasteiger partial charge in [-0.3, -0.25) is 10.1 Å². The summed E-state index contributed by atoms with van der Waals surface area (Å²) in [5.41, 5.74) is 0.837. The molecular formula is C16H16ClFN4O2. The van der Waals surface area contributed by atoms with E-state index in [9.17, 15) is 14.5 Å². The van der Waals surface area contributed by atoms with Gasteiger partial charge >= 0.3 is 0 Å². The highest BCUT2D eigenvalue weighted by molar-refractivity contribution is 6.31. The SMILES string of the molecule is O=[N+]([O-])c1ccc(N2CC[C@H](NCc3ccc(F)cc3Cl)C2)nc1. The largest absolute Gasteiger partial charge is 0.355 e. The van der Waals surface area contributed by atoms with Gasteiger partial charge in [-0.05, 0) is 30.2 Å². The molecule has 126 valence electrons. The summed E-state index contributed by atoms with van der Waals surface area (Å²) in [6.07, 6.45) is 2.20. The van der Waals surface area contributed by atoms with Gasteiger partial charge in [0.15, 0.2) is 0 Å². The maximum Gasteiger partial charge on any atom is 0.287 e. The van der Waals surface area contributed by atoms with Crippen LogP contribution in [0.3, 0.4) is 0 Å². The Morgan fingerprint density at radius 3 is 2.92 bits per heavy atom. The highest BCUT2D eigenvalue weighted by Gasteiger charge is 2.23. The number of anilines is 1. The fourth-order valence-corrected chi connectivity index (χ4v) is 2.96. The van der Waals surface area contributed by atoms with Crippen LogP contribution in [-0.2, 0) is 6.54 Å². The van der Waals surface area contributed by atoms with E-state index in [2.05, 4.69) is 15.2 Å². The van der Waals surface area contributed by atoms with Gasteiger partial charge in [-0.1, -0.05) is 17.7 Å². The average molecular weight is 351 g/mol. The van der Waals surface area contributed by atoms with Crippen molar-refractivity contribution in [1.29, 1.82) is 0 Å². The van der Waals surface area contributed by atoms with Gasteiger partial charge in [0.2, 0.25) is 0 Å². The minimum absolute atomic E-state index is 0.0152. The van der Waals surface area contributed by atoms with E-state index in [0.717, 1.165) is 30.9 Å². The number of rotatable bonds is 5. The lowest BCUT2D eigenvalue weighted by molar-refractivity contribution is -0.385. The van der Waals surface area contributed by atoms with Gasteiger partial charge in [0.05, 0.1) is 4.92 Å². The van der Waals surface area contributed by atoms with Crippen molar-refractivity contribution in [2.75, 3.05) is 18.0 Å². The molecule has 0 aliphatic carbocycles. The normalized spacial score (nSPS) is 17.2. The fourth-order valence-electron chi connectivity index (χ4n) is 2.73. The molecule has 0 radical (unpaired) electrons. The quantitative estimate of drug-likeness (QED) is 0.662. The summed E-state index contributed by atoms with van der Waals surface area (Å²) in [5, 5.41) is 14.5. The summed E-state index contributed by atoms with van der Waals surface area (Å²) < 4.78 is 13.0. The molecule has 0 spiro atoms. The lowest BCUT2D eigenvalue weighted by Gasteiger charge is -2.18. The van der Waals surface area contributed by atoms with Gasteiger partial charge in [-0.2, -0.15) is 0 Å². The minimum atomic E-state index is -0.461. The summed E-state index contributed by atoms with van der Waals surface area (Å²) in [7, 11) is 0. The zero-order valence-corrected chi connectivity index (χ0v) is 13.5. The minimum Gasteiger partial charge on any atom is -0.355 e. The second kappa shape index (κ2) is 7.11. The van der Waals surface area contributed by atoms with Gasteiger partial charge in [-0.15, -0.1) is 0 Å². The molecule has 3 rings (SSSR count). The Bertz CT molecular complexity index is 741. The number of aromatic nitrogens is 1. The Morgan fingerprint density at radius 2 is 2.25 bits per heavy atom. The summed E-state index contributed by atoms with van der Waals surface area (Å²) >= 11 is 6.02. The first kappa shape index (κ1) is 16.6. The van der Waals surface area contributed by atoms with E-state index in [1.165, 1.54) is 24.4 Å². The lowest BCUT2D eigenvalue weighted by atomic mass is 10.2. The number of nitro groups is 1. The van der Waals surface area contributed by atoms with Gasteiger partial charge in [0, 0.05) is 36.8 Å². The van der Waals surface area contributed by atoms with Crippen molar-refractivity contribution < 1.29 is 9.31 Å². The molecule has 8 heteroatoms. The average Bonchev–Trinajstić information content (AvgIpc) is 3.03. The van der Waals surface area contributed by atoms with Crippen LogP contribution in [0.4, 0.5) is 15.9 Å². The van der Waals surface area contributed by atoms with Crippen molar-refractivity contribution in [2.24, 2.45) is 0 Å². The molecule has 6 nitrogen and oxygen atoms in total. The molecular weight excluding hydrogens is 335 g/mol. The number of hydrogen-bond acceptors (Lipinski definition) is 5. The van der Waals surface area contributed by atoms with E-state index < -0.39 is 4.92 Å². The van der Waals surface area contributed by atoms with Crippen LogP contribution in [0.25, 0.3) is 0 Å². The predicted molar refractivity (Wildman–Crippen MR) is 89.8 cm³/mol. The van der Waals surface area contributed by atoms with Crippen molar-refractivity contribution in [3.05, 3.63) is 63.0 Å². The molecule has 1 N–H and O–H groups in total. The number of benzene rings is 1. The third-order valence-electron chi connectivity index (χ3n) is 4.05. The van der Waals surface area contributed by atoms with Crippen LogP contribution in [0, 0.1) is 15.9 Å². The second-order valence-corrected chi connectivity index (χ2v) is 6.09. The van der Waals surface area contributed by atoms with Crippen LogP contribution in [0.15, 0.2) is 36.5 Å². The molecule has 0 bridgehead atoms. The Hall–Kier alpha value is -2.25. The van der Waals surface area contributed by atoms with Crippen LogP contribution in [-0.4, -0.2) is 29.0 Å². The van der Waals surface area contributed by atoms with Gasteiger partial charge in [0.25, 0.3) is 5.69 Å². The number of halogens is 2. The first-order valence-corrected chi connectivity index (χ1v) is 7.93. The number of nitrogens with one attached hydrogen (secondary N) is 1. The Kier molecular flexibility index (Phi) is 4.92. The second-order valence-electron chi connectivity index (χ2n) is 5.68. The Balaban J connectivity index is 1.56. The van der Waals surface area contributed by atoms with E-state index in [1.54, 1.807) is 12.1 Å². The monoisotopic (exact) mass is 350 g/mol. The third-order valence-corrected chi connectivity index (χ3v) is 4.40. The molecule has 1 aromatic carbocycles. The molecule has 0 unspecified atom stereocenters. The fraction of sp³-hybridized carbons (Fsp3) is 0.312. The molecule has 1 atom stereocenters. The smallest absolute Gasteiger partial charge is 0.287 e. The molecule has 1 aromatic heterocycles.